The lowest BCUT2D eigenvalue weighted by Gasteiger charge is -2.25. The van der Waals surface area contributed by atoms with Crippen molar-refractivity contribution in [1.29, 1.82) is 0 Å². The molecular weight excluding hydrogens is 240 g/mol. The molecule has 3 rings (SSSR count). The highest BCUT2D eigenvalue weighted by molar-refractivity contribution is 5.94. The van der Waals surface area contributed by atoms with Crippen molar-refractivity contribution in [2.75, 3.05) is 11.4 Å². The van der Waals surface area contributed by atoms with Crippen LogP contribution in [0.5, 0.6) is 0 Å². The predicted molar refractivity (Wildman–Crippen MR) is 73.9 cm³/mol. The Morgan fingerprint density at radius 3 is 2.89 bits per heavy atom. The summed E-state index contributed by atoms with van der Waals surface area (Å²) < 4.78 is 0. The molecule has 0 unspecified atom stereocenters. The van der Waals surface area contributed by atoms with Crippen LogP contribution in [0.25, 0.3) is 0 Å². The molecule has 1 N–H and O–H groups in total. The minimum Gasteiger partial charge on any atom is -0.478 e. The summed E-state index contributed by atoms with van der Waals surface area (Å²) in [5.74, 6) is -0.142. The monoisotopic (exact) mass is 260 g/mol. The number of hydrogen-bond donors (Lipinski definition) is 1. The second-order valence-corrected chi connectivity index (χ2v) is 5.55. The average Bonchev–Trinajstić information content (AvgIpc) is 3.12. The number of anilines is 1. The van der Waals surface area contributed by atoms with Gasteiger partial charge in [-0.1, -0.05) is 6.92 Å². The van der Waals surface area contributed by atoms with Crippen LogP contribution >= 0.6 is 0 Å². The number of aromatic nitrogens is 1. The molecule has 19 heavy (non-hydrogen) atoms. The second kappa shape index (κ2) is 4.83. The first-order valence-electron chi connectivity index (χ1n) is 7.23. The van der Waals surface area contributed by atoms with Gasteiger partial charge in [-0.15, -0.1) is 0 Å². The highest BCUT2D eigenvalue weighted by Gasteiger charge is 2.33. The highest BCUT2D eigenvalue weighted by Crippen LogP contribution is 2.35. The second-order valence-electron chi connectivity index (χ2n) is 5.55. The van der Waals surface area contributed by atoms with Gasteiger partial charge in [-0.05, 0) is 50.2 Å². The number of aryl methyl sites for hydroxylation is 2. The molecule has 4 heteroatoms. The van der Waals surface area contributed by atoms with Gasteiger partial charge < -0.3 is 10.0 Å². The maximum Gasteiger partial charge on any atom is 0.339 e. The molecule has 102 valence electrons. The maximum absolute atomic E-state index is 11.5. The predicted octanol–water partition coefficient (Wildman–Crippen LogP) is 2.65. The van der Waals surface area contributed by atoms with Crippen LogP contribution in [0.15, 0.2) is 6.07 Å². The van der Waals surface area contributed by atoms with Gasteiger partial charge in [0.25, 0.3) is 0 Å². The third-order valence-electron chi connectivity index (χ3n) is 3.99. The lowest BCUT2D eigenvalue weighted by molar-refractivity contribution is 0.0697. The molecule has 0 bridgehead atoms. The Kier molecular flexibility index (Phi) is 3.17. The van der Waals surface area contributed by atoms with Crippen molar-refractivity contribution in [1.82, 2.24) is 4.98 Å². The topological polar surface area (TPSA) is 53.4 Å². The van der Waals surface area contributed by atoms with Crippen molar-refractivity contribution in [3.05, 3.63) is 22.9 Å². The van der Waals surface area contributed by atoms with E-state index >= 15 is 0 Å². The van der Waals surface area contributed by atoms with E-state index in [-0.39, 0.29) is 0 Å². The molecule has 1 heterocycles. The Balaban J connectivity index is 2.04. The smallest absolute Gasteiger partial charge is 0.339 e. The first-order valence-corrected chi connectivity index (χ1v) is 7.23. The lowest BCUT2D eigenvalue weighted by atomic mass is 10.1. The quantitative estimate of drug-likeness (QED) is 0.884. The number of carbonyl (C=O) groups is 1. The molecule has 0 amide bonds. The minimum absolute atomic E-state index is 0.390. The van der Waals surface area contributed by atoms with E-state index in [1.165, 1.54) is 0 Å². The standard InChI is InChI=1S/C15H20N2O2/c1-2-8-17(11-6-7-11)14-12(15(18)19)9-10-4-3-5-13(10)16-14/h9,11H,2-8H2,1H3,(H,18,19). The van der Waals surface area contributed by atoms with Gasteiger partial charge in [-0.2, -0.15) is 0 Å². The van der Waals surface area contributed by atoms with Crippen molar-refractivity contribution in [3.63, 3.8) is 0 Å². The van der Waals surface area contributed by atoms with E-state index in [1.54, 1.807) is 0 Å². The molecule has 2 aliphatic rings. The summed E-state index contributed by atoms with van der Waals surface area (Å²) in [6.45, 7) is 3.03. The van der Waals surface area contributed by atoms with E-state index in [1.807, 2.05) is 6.07 Å². The first kappa shape index (κ1) is 12.5. The van der Waals surface area contributed by atoms with Gasteiger partial charge in [0.2, 0.25) is 0 Å². The van der Waals surface area contributed by atoms with Crippen LogP contribution in [0.2, 0.25) is 0 Å². The molecule has 0 atom stereocenters. The molecule has 1 aromatic heterocycles. The Hall–Kier alpha value is -1.58. The maximum atomic E-state index is 11.5. The summed E-state index contributed by atoms with van der Waals surface area (Å²) in [6.07, 6.45) is 6.42. The van der Waals surface area contributed by atoms with E-state index in [0.29, 0.717) is 17.4 Å². The fourth-order valence-electron chi connectivity index (χ4n) is 2.93. The number of carboxylic acid groups (broad SMARTS) is 1. The molecule has 1 saturated carbocycles. The van der Waals surface area contributed by atoms with Gasteiger partial charge in [-0.25, -0.2) is 9.78 Å². The Morgan fingerprint density at radius 2 is 2.26 bits per heavy atom. The zero-order valence-corrected chi connectivity index (χ0v) is 11.4. The molecule has 0 radical (unpaired) electrons. The molecule has 0 saturated heterocycles. The van der Waals surface area contributed by atoms with E-state index in [4.69, 9.17) is 4.98 Å². The zero-order chi connectivity index (χ0) is 13.4. The number of fused-ring (bicyclic) bond motifs is 1. The van der Waals surface area contributed by atoms with Crippen LogP contribution in [0.3, 0.4) is 0 Å². The molecular formula is C15H20N2O2. The third-order valence-corrected chi connectivity index (χ3v) is 3.99. The molecule has 1 fully saturated rings. The molecule has 0 aliphatic heterocycles. The number of pyridine rings is 1. The SMILES string of the molecule is CCCN(c1nc2c(cc1C(=O)O)CCC2)C1CC1. The van der Waals surface area contributed by atoms with Crippen LogP contribution in [-0.2, 0) is 12.8 Å². The Bertz CT molecular complexity index is 509. The summed E-state index contributed by atoms with van der Waals surface area (Å²) in [7, 11) is 0. The molecule has 4 nitrogen and oxygen atoms in total. The van der Waals surface area contributed by atoms with Crippen molar-refractivity contribution < 1.29 is 9.90 Å². The van der Waals surface area contributed by atoms with Crippen molar-refractivity contribution in [2.24, 2.45) is 0 Å². The van der Waals surface area contributed by atoms with Gasteiger partial charge in [0, 0.05) is 18.3 Å². The molecule has 1 aromatic rings. The number of rotatable bonds is 5. The van der Waals surface area contributed by atoms with Crippen LogP contribution in [-0.4, -0.2) is 28.6 Å². The van der Waals surface area contributed by atoms with Gasteiger partial charge in [-0.3, -0.25) is 0 Å². The van der Waals surface area contributed by atoms with Gasteiger partial charge in [0.15, 0.2) is 0 Å². The summed E-state index contributed by atoms with van der Waals surface area (Å²) in [6, 6.07) is 2.36. The third kappa shape index (κ3) is 2.31. The molecule has 2 aliphatic carbocycles. The Morgan fingerprint density at radius 1 is 1.47 bits per heavy atom. The number of nitrogens with zero attached hydrogens (tertiary/aromatic N) is 2. The zero-order valence-electron chi connectivity index (χ0n) is 11.4. The highest BCUT2D eigenvalue weighted by atomic mass is 16.4. The van der Waals surface area contributed by atoms with Gasteiger partial charge in [0.05, 0.1) is 0 Å². The largest absolute Gasteiger partial charge is 0.478 e. The number of aromatic carboxylic acids is 1. The number of carboxylic acids is 1. The fourth-order valence-corrected chi connectivity index (χ4v) is 2.93. The molecule has 0 aromatic carbocycles. The van der Waals surface area contributed by atoms with Crippen molar-refractivity contribution in [3.8, 4) is 0 Å². The minimum atomic E-state index is -0.848. The first-order chi connectivity index (χ1) is 9.20. The molecule has 0 spiro atoms. The van der Waals surface area contributed by atoms with Crippen molar-refractivity contribution >= 4 is 11.8 Å². The number of hydrogen-bond acceptors (Lipinski definition) is 3. The summed E-state index contributed by atoms with van der Waals surface area (Å²) in [5, 5.41) is 9.45. The summed E-state index contributed by atoms with van der Waals surface area (Å²) in [5.41, 5.74) is 2.64. The van der Waals surface area contributed by atoms with Crippen LogP contribution in [0.1, 0.15) is 54.2 Å². The van der Waals surface area contributed by atoms with E-state index < -0.39 is 5.97 Å². The van der Waals surface area contributed by atoms with E-state index in [9.17, 15) is 9.90 Å². The van der Waals surface area contributed by atoms with Crippen molar-refractivity contribution in [2.45, 2.75) is 51.5 Å². The van der Waals surface area contributed by atoms with Gasteiger partial charge in [0.1, 0.15) is 11.4 Å². The average molecular weight is 260 g/mol. The lowest BCUT2D eigenvalue weighted by Crippen LogP contribution is -2.29. The Labute approximate surface area is 113 Å². The fraction of sp³-hybridized carbons (Fsp3) is 0.600. The van der Waals surface area contributed by atoms with Gasteiger partial charge >= 0.3 is 5.97 Å². The van der Waals surface area contributed by atoms with Crippen LogP contribution in [0.4, 0.5) is 5.82 Å². The van der Waals surface area contributed by atoms with Crippen LogP contribution < -0.4 is 4.90 Å². The summed E-state index contributed by atoms with van der Waals surface area (Å²) >= 11 is 0. The summed E-state index contributed by atoms with van der Waals surface area (Å²) in [4.78, 5) is 18.4. The van der Waals surface area contributed by atoms with Crippen LogP contribution in [0, 0.1) is 0 Å². The van der Waals surface area contributed by atoms with E-state index in [2.05, 4.69) is 11.8 Å². The van der Waals surface area contributed by atoms with E-state index in [0.717, 1.165) is 56.3 Å². The normalized spacial score (nSPS) is 17.3.